The van der Waals surface area contributed by atoms with E-state index < -0.39 is 36.1 Å². The number of hydrogen-bond acceptors (Lipinski definition) is 10. The summed E-state index contributed by atoms with van der Waals surface area (Å²) in [4.78, 5) is 12.2. The quantitative estimate of drug-likeness (QED) is 0.265. The van der Waals surface area contributed by atoms with Crippen LogP contribution in [-0.2, 0) is 35.1 Å². The van der Waals surface area contributed by atoms with Gasteiger partial charge in [-0.1, -0.05) is 30.4 Å². The molecule has 2 aromatic carbocycles. The summed E-state index contributed by atoms with van der Waals surface area (Å²) in [7, 11) is -11.5. The molecule has 0 saturated carbocycles. The molecular formula is C23H26O10S3. The van der Waals surface area contributed by atoms with E-state index in [0.717, 1.165) is 0 Å². The largest absolute Gasteiger partial charge is 0.382 e. The van der Waals surface area contributed by atoms with Crippen molar-refractivity contribution in [3.05, 3.63) is 65.7 Å². The summed E-state index contributed by atoms with van der Waals surface area (Å²) in [6.07, 6.45) is 5.40. The second-order valence-electron chi connectivity index (χ2n) is 7.13. The molecule has 2 aromatic rings. The van der Waals surface area contributed by atoms with Crippen molar-refractivity contribution in [2.75, 3.05) is 17.3 Å². The van der Waals surface area contributed by atoms with Crippen molar-refractivity contribution in [2.45, 2.75) is 20.8 Å². The van der Waals surface area contributed by atoms with Crippen molar-refractivity contribution in [1.82, 2.24) is 0 Å². The zero-order valence-corrected chi connectivity index (χ0v) is 22.2. The number of benzene rings is 2. The van der Waals surface area contributed by atoms with Crippen molar-refractivity contribution in [3.63, 3.8) is 0 Å². The molecule has 2 rings (SSSR count). The molecule has 0 atom stereocenters. The minimum absolute atomic E-state index is 0.155. The van der Waals surface area contributed by atoms with E-state index in [2.05, 4.69) is 0 Å². The molecule has 0 amide bonds. The molecule has 0 fully saturated rings. The molecule has 0 aliphatic carbocycles. The second kappa shape index (κ2) is 12.2. The van der Waals surface area contributed by atoms with Gasteiger partial charge >= 0.3 is 30.4 Å². The Bertz CT molecular complexity index is 1450. The number of ketones is 1. The first-order valence-corrected chi connectivity index (χ1v) is 15.4. The van der Waals surface area contributed by atoms with E-state index in [1.807, 2.05) is 0 Å². The Hall–Kier alpha value is -3.16. The Labute approximate surface area is 211 Å². The number of hydrogen-bond donors (Lipinski definition) is 0. The zero-order chi connectivity index (χ0) is 27.0. The van der Waals surface area contributed by atoms with Gasteiger partial charge in [0, 0.05) is 0 Å². The summed E-state index contributed by atoms with van der Waals surface area (Å²) in [6.45, 7) is 4.19. The van der Waals surface area contributed by atoms with E-state index >= 15 is 0 Å². The lowest BCUT2D eigenvalue weighted by molar-refractivity contribution is -0.110. The van der Waals surface area contributed by atoms with Gasteiger partial charge in [0.2, 0.25) is 0 Å². The van der Waals surface area contributed by atoms with Gasteiger partial charge in [-0.3, -0.25) is 4.79 Å². The molecular weight excluding hydrogens is 532 g/mol. The fourth-order valence-electron chi connectivity index (χ4n) is 2.41. The predicted molar refractivity (Wildman–Crippen MR) is 136 cm³/mol. The smallest absolute Gasteiger partial charge is 0.309 e. The van der Waals surface area contributed by atoms with Crippen LogP contribution in [0, 0.1) is 0 Å². The lowest BCUT2D eigenvalue weighted by Crippen LogP contribution is -2.15. The van der Waals surface area contributed by atoms with Crippen LogP contribution in [-0.4, -0.2) is 48.3 Å². The standard InChI is InChI=1S/C23H26O10S3/c1-4-34(25,26)31-21-14-9-18(10-15-21)7-12-20(24)13-8-19-11-16-22(32-35(27,28)5-2)23(17-19)33-36(29,30)6-3/h7-17H,4-6H2,1-3H3. The molecule has 0 bridgehead atoms. The molecule has 13 heteroatoms. The third kappa shape index (κ3) is 9.47. The number of allylic oxidation sites excluding steroid dienone is 2. The lowest BCUT2D eigenvalue weighted by atomic mass is 10.1. The van der Waals surface area contributed by atoms with Crippen LogP contribution >= 0.6 is 0 Å². The summed E-state index contributed by atoms with van der Waals surface area (Å²) >= 11 is 0. The van der Waals surface area contributed by atoms with Crippen molar-refractivity contribution in [1.29, 1.82) is 0 Å². The third-order valence-electron chi connectivity index (χ3n) is 4.45. The molecule has 36 heavy (non-hydrogen) atoms. The summed E-state index contributed by atoms with van der Waals surface area (Å²) in [5.74, 6) is -1.71. The van der Waals surface area contributed by atoms with Crippen molar-refractivity contribution < 1.29 is 42.6 Å². The number of rotatable bonds is 13. The minimum Gasteiger partial charge on any atom is -0.382 e. The highest BCUT2D eigenvalue weighted by atomic mass is 32.2. The molecule has 0 aliphatic heterocycles. The minimum atomic E-state index is -3.98. The molecule has 0 N–H and O–H groups in total. The molecule has 0 aromatic heterocycles. The van der Waals surface area contributed by atoms with E-state index in [9.17, 15) is 30.0 Å². The Balaban J connectivity index is 2.18. The normalized spacial score (nSPS) is 12.6. The van der Waals surface area contributed by atoms with Crippen LogP contribution in [0.4, 0.5) is 0 Å². The van der Waals surface area contributed by atoms with Gasteiger partial charge in [-0.05, 0) is 68.3 Å². The maximum Gasteiger partial charge on any atom is 0.309 e. The van der Waals surface area contributed by atoms with E-state index in [4.69, 9.17) is 12.5 Å². The van der Waals surface area contributed by atoms with Crippen LogP contribution < -0.4 is 12.5 Å². The van der Waals surface area contributed by atoms with Gasteiger partial charge in [-0.2, -0.15) is 25.3 Å². The van der Waals surface area contributed by atoms with Crippen LogP contribution in [0.5, 0.6) is 17.2 Å². The van der Waals surface area contributed by atoms with Crippen LogP contribution in [0.25, 0.3) is 12.2 Å². The maximum absolute atomic E-state index is 12.2. The monoisotopic (exact) mass is 558 g/mol. The van der Waals surface area contributed by atoms with Gasteiger partial charge in [0.05, 0.1) is 17.3 Å². The lowest BCUT2D eigenvalue weighted by Gasteiger charge is -2.12. The predicted octanol–water partition coefficient (Wildman–Crippen LogP) is 3.17. The Morgan fingerprint density at radius 2 is 1.08 bits per heavy atom. The zero-order valence-electron chi connectivity index (χ0n) is 19.8. The van der Waals surface area contributed by atoms with Crippen LogP contribution in [0.3, 0.4) is 0 Å². The Morgan fingerprint density at radius 1 is 0.639 bits per heavy atom. The molecule has 196 valence electrons. The van der Waals surface area contributed by atoms with Gasteiger partial charge in [-0.25, -0.2) is 0 Å². The van der Waals surface area contributed by atoms with E-state index in [0.29, 0.717) is 11.1 Å². The SMILES string of the molecule is CCS(=O)(=O)Oc1ccc(C=CC(=O)C=Cc2ccc(OS(=O)(=O)CC)c(OS(=O)(=O)CC)c2)cc1. The molecule has 0 saturated heterocycles. The topological polar surface area (TPSA) is 147 Å². The van der Waals surface area contributed by atoms with Crippen molar-refractivity contribution in [2.24, 2.45) is 0 Å². The van der Waals surface area contributed by atoms with Gasteiger partial charge in [0.25, 0.3) is 0 Å². The summed E-state index contributed by atoms with van der Waals surface area (Å²) < 4.78 is 85.2. The highest BCUT2D eigenvalue weighted by Crippen LogP contribution is 2.31. The highest BCUT2D eigenvalue weighted by molar-refractivity contribution is 7.87. The van der Waals surface area contributed by atoms with Gasteiger partial charge in [-0.15, -0.1) is 0 Å². The second-order valence-corrected chi connectivity index (χ2v) is 12.7. The Morgan fingerprint density at radius 3 is 1.61 bits per heavy atom. The molecule has 10 nitrogen and oxygen atoms in total. The molecule has 0 heterocycles. The number of carbonyl (C=O) groups is 1. The summed E-state index contributed by atoms with van der Waals surface area (Å²) in [5, 5.41) is 0. The summed E-state index contributed by atoms with van der Waals surface area (Å²) in [6, 6.07) is 9.98. The first-order chi connectivity index (χ1) is 16.8. The summed E-state index contributed by atoms with van der Waals surface area (Å²) in [5.41, 5.74) is 0.982. The average Bonchev–Trinajstić information content (AvgIpc) is 2.83. The maximum atomic E-state index is 12.2. The first kappa shape index (κ1) is 29.1. The van der Waals surface area contributed by atoms with Crippen LogP contribution in [0.1, 0.15) is 31.9 Å². The Kier molecular flexibility index (Phi) is 9.85. The fourth-order valence-corrected chi connectivity index (χ4v) is 3.98. The highest BCUT2D eigenvalue weighted by Gasteiger charge is 2.19. The van der Waals surface area contributed by atoms with Gasteiger partial charge in [0.1, 0.15) is 5.75 Å². The fraction of sp³-hybridized carbons (Fsp3) is 0.261. The van der Waals surface area contributed by atoms with Crippen molar-refractivity contribution in [3.8, 4) is 17.2 Å². The van der Waals surface area contributed by atoms with Gasteiger partial charge < -0.3 is 12.5 Å². The third-order valence-corrected chi connectivity index (χ3v) is 7.88. The van der Waals surface area contributed by atoms with E-state index in [1.54, 1.807) is 12.1 Å². The van der Waals surface area contributed by atoms with Crippen LogP contribution in [0.15, 0.2) is 54.6 Å². The molecule has 0 aliphatic rings. The van der Waals surface area contributed by atoms with Crippen molar-refractivity contribution >= 4 is 48.3 Å². The molecule has 0 unspecified atom stereocenters. The molecule has 0 spiro atoms. The van der Waals surface area contributed by atoms with Crippen LogP contribution in [0.2, 0.25) is 0 Å². The molecule has 0 radical (unpaired) electrons. The number of carbonyl (C=O) groups excluding carboxylic acids is 1. The van der Waals surface area contributed by atoms with E-state index in [-0.39, 0.29) is 34.5 Å². The first-order valence-electron chi connectivity index (χ1n) is 10.7. The average molecular weight is 559 g/mol. The van der Waals surface area contributed by atoms with E-state index in [1.165, 1.54) is 75.4 Å². The van der Waals surface area contributed by atoms with Gasteiger partial charge in [0.15, 0.2) is 17.3 Å².